The number of rotatable bonds is 4. The van der Waals surface area contributed by atoms with Gasteiger partial charge in [0.25, 0.3) is 0 Å². The fraction of sp³-hybridized carbons (Fsp3) is 0.333. The van der Waals surface area contributed by atoms with Gasteiger partial charge in [-0.1, -0.05) is 19.1 Å². The average molecular weight is 251 g/mol. The van der Waals surface area contributed by atoms with Gasteiger partial charge < -0.3 is 4.74 Å². The van der Waals surface area contributed by atoms with Gasteiger partial charge in [0.1, 0.15) is 5.52 Å². The Bertz CT molecular complexity index is 536. The fourth-order valence-corrected chi connectivity index (χ4v) is 2.53. The first-order valence-electron chi connectivity index (χ1n) is 5.55. The summed E-state index contributed by atoms with van der Waals surface area (Å²) in [5.74, 6) is -0.243. The first kappa shape index (κ1) is 11.9. The zero-order valence-corrected chi connectivity index (χ0v) is 10.5. The second kappa shape index (κ2) is 5.14. The van der Waals surface area contributed by atoms with Crippen LogP contribution in [0.25, 0.3) is 10.2 Å². The van der Waals surface area contributed by atoms with Crippen LogP contribution in [0.5, 0.6) is 0 Å². The highest BCUT2D eigenvalue weighted by Gasteiger charge is 2.18. The Balaban J connectivity index is 2.23. The van der Waals surface area contributed by atoms with Crippen LogP contribution in [-0.4, -0.2) is 12.6 Å². The summed E-state index contributed by atoms with van der Waals surface area (Å²) in [6.45, 7) is 2.60. The molecule has 1 heterocycles. The number of anilines is 1. The molecule has 0 radical (unpaired) electrons. The normalized spacial score (nSPS) is 10.6. The number of para-hydroxylation sites is 1. The summed E-state index contributed by atoms with van der Waals surface area (Å²) in [6.07, 6.45) is 0.830. The molecule has 1 aromatic carbocycles. The molecular weight excluding hydrogens is 236 g/mol. The minimum Gasteiger partial charge on any atom is -0.463 e. The van der Waals surface area contributed by atoms with Crippen molar-refractivity contribution in [1.82, 2.24) is 0 Å². The summed E-state index contributed by atoms with van der Waals surface area (Å²) in [5.41, 5.74) is 6.88. The van der Waals surface area contributed by atoms with Crippen molar-refractivity contribution in [3.63, 3.8) is 0 Å². The number of benzene rings is 1. The van der Waals surface area contributed by atoms with Crippen LogP contribution in [0.1, 0.15) is 13.3 Å². The Hall–Kier alpha value is -1.62. The highest BCUT2D eigenvalue weighted by molar-refractivity contribution is 7.21. The first-order chi connectivity index (χ1) is 8.22. The highest BCUT2D eigenvalue weighted by atomic mass is 32.1. The third kappa shape index (κ3) is 2.55. The van der Waals surface area contributed by atoms with Gasteiger partial charge in [-0.25, -0.2) is 9.36 Å². The lowest BCUT2D eigenvalue weighted by molar-refractivity contribution is -0.641. The molecule has 90 valence electrons. The molecule has 2 rings (SSSR count). The lowest BCUT2D eigenvalue weighted by atomic mass is 10.3. The number of nitrogen functional groups attached to an aromatic ring is 1. The molecule has 0 bridgehead atoms. The van der Waals surface area contributed by atoms with Gasteiger partial charge in [0, 0.05) is 0 Å². The van der Waals surface area contributed by atoms with E-state index in [2.05, 4.69) is 0 Å². The summed E-state index contributed by atoms with van der Waals surface area (Å²) in [4.78, 5) is 11.6. The van der Waals surface area contributed by atoms with Crippen molar-refractivity contribution in [2.24, 2.45) is 0 Å². The number of aromatic nitrogens is 1. The lowest BCUT2D eigenvalue weighted by Crippen LogP contribution is -2.39. The van der Waals surface area contributed by atoms with E-state index < -0.39 is 0 Å². The van der Waals surface area contributed by atoms with Crippen LogP contribution in [0.4, 0.5) is 5.13 Å². The monoisotopic (exact) mass is 251 g/mol. The largest absolute Gasteiger partial charge is 0.463 e. The fourth-order valence-electron chi connectivity index (χ4n) is 1.61. The molecule has 2 aromatic rings. The van der Waals surface area contributed by atoms with Gasteiger partial charge >= 0.3 is 11.1 Å². The molecule has 0 unspecified atom stereocenters. The van der Waals surface area contributed by atoms with E-state index >= 15 is 0 Å². The summed E-state index contributed by atoms with van der Waals surface area (Å²) in [7, 11) is 0. The number of ether oxygens (including phenoxy) is 1. The van der Waals surface area contributed by atoms with E-state index in [0.29, 0.717) is 11.7 Å². The topological polar surface area (TPSA) is 56.2 Å². The molecular formula is C12H15N2O2S+. The smallest absolute Gasteiger partial charge is 0.348 e. The van der Waals surface area contributed by atoms with Gasteiger partial charge in [-0.05, 0) is 29.9 Å². The number of nitrogens with zero attached hydrogens (tertiary/aromatic N) is 1. The molecule has 4 nitrogen and oxygen atoms in total. The number of carbonyl (C=O) groups is 1. The van der Waals surface area contributed by atoms with E-state index in [1.807, 2.05) is 31.2 Å². The number of carbonyl (C=O) groups excluding carboxylic acids is 1. The number of esters is 1. The zero-order valence-electron chi connectivity index (χ0n) is 9.68. The van der Waals surface area contributed by atoms with Crippen molar-refractivity contribution >= 4 is 32.7 Å². The Morgan fingerprint density at radius 1 is 1.47 bits per heavy atom. The number of fused-ring (bicyclic) bond motifs is 1. The second-order valence-electron chi connectivity index (χ2n) is 3.71. The first-order valence-corrected chi connectivity index (χ1v) is 6.36. The minimum atomic E-state index is -0.243. The van der Waals surface area contributed by atoms with Gasteiger partial charge in [-0.2, -0.15) is 0 Å². The Labute approximate surface area is 104 Å². The maximum atomic E-state index is 11.6. The van der Waals surface area contributed by atoms with Crippen LogP contribution in [0.3, 0.4) is 0 Å². The quantitative estimate of drug-likeness (QED) is 0.665. The Kier molecular flexibility index (Phi) is 3.58. The van der Waals surface area contributed by atoms with E-state index in [9.17, 15) is 4.79 Å². The van der Waals surface area contributed by atoms with Crippen molar-refractivity contribution in [1.29, 1.82) is 0 Å². The van der Waals surface area contributed by atoms with Crippen LogP contribution in [-0.2, 0) is 16.1 Å². The van der Waals surface area contributed by atoms with Crippen molar-refractivity contribution in [3.05, 3.63) is 24.3 Å². The number of hydrogen-bond acceptors (Lipinski definition) is 4. The van der Waals surface area contributed by atoms with Gasteiger partial charge in [-0.3, -0.25) is 5.73 Å². The third-order valence-electron chi connectivity index (χ3n) is 2.39. The Morgan fingerprint density at radius 2 is 2.24 bits per heavy atom. The number of nitrogens with two attached hydrogens (primary N) is 1. The van der Waals surface area contributed by atoms with Gasteiger partial charge in [0.05, 0.1) is 11.3 Å². The Morgan fingerprint density at radius 3 is 3.00 bits per heavy atom. The molecule has 5 heteroatoms. The highest BCUT2D eigenvalue weighted by Crippen LogP contribution is 2.21. The molecule has 0 aliphatic heterocycles. The van der Waals surface area contributed by atoms with Crippen LogP contribution in [0, 0.1) is 0 Å². The molecule has 0 aliphatic carbocycles. The van der Waals surface area contributed by atoms with Gasteiger partial charge in [-0.15, -0.1) is 0 Å². The third-order valence-corrected chi connectivity index (χ3v) is 3.39. The lowest BCUT2D eigenvalue weighted by Gasteiger charge is -2.01. The molecule has 2 N–H and O–H groups in total. The molecule has 17 heavy (non-hydrogen) atoms. The predicted molar refractivity (Wildman–Crippen MR) is 67.7 cm³/mol. The molecule has 0 spiro atoms. The van der Waals surface area contributed by atoms with E-state index in [4.69, 9.17) is 10.5 Å². The van der Waals surface area contributed by atoms with Crippen molar-refractivity contribution in [3.8, 4) is 0 Å². The molecule has 0 fully saturated rings. The summed E-state index contributed by atoms with van der Waals surface area (Å²) < 4.78 is 7.92. The molecule has 0 saturated heterocycles. The molecule has 0 amide bonds. The average Bonchev–Trinajstić information content (AvgIpc) is 2.64. The SMILES string of the molecule is CCCOC(=O)C[n+]1c(N)sc2ccccc21. The maximum Gasteiger partial charge on any atom is 0.348 e. The second-order valence-corrected chi connectivity index (χ2v) is 4.78. The number of hydrogen-bond donors (Lipinski definition) is 1. The van der Waals surface area contributed by atoms with E-state index in [1.54, 1.807) is 4.57 Å². The van der Waals surface area contributed by atoms with E-state index in [0.717, 1.165) is 16.6 Å². The predicted octanol–water partition coefficient (Wildman–Crippen LogP) is 1.72. The molecule has 0 aliphatic rings. The van der Waals surface area contributed by atoms with Crippen LogP contribution < -0.4 is 10.3 Å². The minimum absolute atomic E-state index is 0.176. The van der Waals surface area contributed by atoms with Crippen molar-refractivity contribution in [2.75, 3.05) is 12.3 Å². The standard InChI is InChI=1S/C12H14N2O2S/c1-2-7-16-11(15)8-14-9-5-3-4-6-10(9)17-12(14)13/h3-6,13H,2,7-8H2,1H3/p+1. The summed E-state index contributed by atoms with van der Waals surface area (Å²) in [5, 5.41) is 0.625. The summed E-state index contributed by atoms with van der Waals surface area (Å²) >= 11 is 1.48. The van der Waals surface area contributed by atoms with E-state index in [-0.39, 0.29) is 12.5 Å². The zero-order chi connectivity index (χ0) is 12.3. The van der Waals surface area contributed by atoms with Crippen LogP contribution in [0.2, 0.25) is 0 Å². The summed E-state index contributed by atoms with van der Waals surface area (Å²) in [6, 6.07) is 7.83. The van der Waals surface area contributed by atoms with Gasteiger partial charge in [0.15, 0.2) is 6.54 Å². The van der Waals surface area contributed by atoms with Gasteiger partial charge in [0.2, 0.25) is 0 Å². The van der Waals surface area contributed by atoms with E-state index in [1.165, 1.54) is 11.3 Å². The van der Waals surface area contributed by atoms with Crippen LogP contribution >= 0.6 is 11.3 Å². The maximum absolute atomic E-state index is 11.6. The molecule has 0 saturated carbocycles. The van der Waals surface area contributed by atoms with Crippen LogP contribution in [0.15, 0.2) is 24.3 Å². The molecule has 1 aromatic heterocycles. The van der Waals surface area contributed by atoms with Crippen molar-refractivity contribution in [2.45, 2.75) is 19.9 Å². The number of thiazole rings is 1. The molecule has 0 atom stereocenters. The van der Waals surface area contributed by atoms with Crippen molar-refractivity contribution < 1.29 is 14.1 Å².